The molecule has 0 atom stereocenters. The Morgan fingerprint density at radius 1 is 1.10 bits per heavy atom. The summed E-state index contributed by atoms with van der Waals surface area (Å²) in [6, 6.07) is 11.4. The SMILES string of the molecule is O=C(Nc1ccc(-n2cncn2)c(C(F)(F)F)c1)c1cc2ccccc2c(=O)[nH]1. The van der Waals surface area contributed by atoms with Crippen LogP contribution in [-0.2, 0) is 6.18 Å². The van der Waals surface area contributed by atoms with E-state index < -0.39 is 23.2 Å². The van der Waals surface area contributed by atoms with Crippen LogP contribution in [0, 0.1) is 0 Å². The van der Waals surface area contributed by atoms with E-state index in [0.717, 1.165) is 23.4 Å². The largest absolute Gasteiger partial charge is 0.418 e. The minimum Gasteiger partial charge on any atom is -0.321 e. The van der Waals surface area contributed by atoms with Crippen LogP contribution in [-0.4, -0.2) is 25.7 Å². The molecule has 0 aliphatic heterocycles. The number of rotatable bonds is 3. The molecule has 0 aliphatic carbocycles. The normalized spacial score (nSPS) is 11.6. The number of nitrogens with one attached hydrogen (secondary N) is 2. The van der Waals surface area contributed by atoms with E-state index in [9.17, 15) is 22.8 Å². The summed E-state index contributed by atoms with van der Waals surface area (Å²) in [5.74, 6) is -0.741. The molecule has 0 unspecified atom stereocenters. The highest BCUT2D eigenvalue weighted by atomic mass is 19.4. The quantitative estimate of drug-likeness (QED) is 0.552. The van der Waals surface area contributed by atoms with Crippen LogP contribution in [0.4, 0.5) is 18.9 Å². The summed E-state index contributed by atoms with van der Waals surface area (Å²) in [5.41, 5.74) is -1.84. The lowest BCUT2D eigenvalue weighted by Crippen LogP contribution is -2.19. The van der Waals surface area contributed by atoms with E-state index in [1.54, 1.807) is 24.3 Å². The summed E-state index contributed by atoms with van der Waals surface area (Å²) in [4.78, 5) is 30.7. The van der Waals surface area contributed by atoms with Crippen LogP contribution in [0.1, 0.15) is 16.1 Å². The van der Waals surface area contributed by atoms with E-state index in [2.05, 4.69) is 20.4 Å². The van der Waals surface area contributed by atoms with Gasteiger partial charge in [-0.3, -0.25) is 9.59 Å². The maximum absolute atomic E-state index is 13.5. The van der Waals surface area contributed by atoms with Crippen molar-refractivity contribution in [3.8, 4) is 5.69 Å². The Labute approximate surface area is 160 Å². The first kappa shape index (κ1) is 18.4. The van der Waals surface area contributed by atoms with Crippen molar-refractivity contribution in [2.24, 2.45) is 0 Å². The van der Waals surface area contributed by atoms with Crippen molar-refractivity contribution in [3.05, 3.63) is 82.8 Å². The molecule has 0 saturated heterocycles. The molecule has 0 spiro atoms. The third-order valence-corrected chi connectivity index (χ3v) is 4.22. The van der Waals surface area contributed by atoms with Gasteiger partial charge in [0.1, 0.15) is 18.3 Å². The molecule has 7 nitrogen and oxygen atoms in total. The third kappa shape index (κ3) is 3.59. The minimum absolute atomic E-state index is 0.0670. The van der Waals surface area contributed by atoms with Gasteiger partial charge in [0.2, 0.25) is 0 Å². The summed E-state index contributed by atoms with van der Waals surface area (Å²) in [5, 5.41) is 7.04. The zero-order chi connectivity index (χ0) is 20.6. The molecule has 0 fully saturated rings. The fraction of sp³-hybridized carbons (Fsp3) is 0.0526. The number of aromatic amines is 1. The van der Waals surface area contributed by atoms with Gasteiger partial charge in [-0.15, -0.1) is 0 Å². The molecule has 4 aromatic rings. The molecule has 29 heavy (non-hydrogen) atoms. The Hall–Kier alpha value is -3.95. The van der Waals surface area contributed by atoms with E-state index in [1.807, 2.05) is 0 Å². The summed E-state index contributed by atoms with van der Waals surface area (Å²) >= 11 is 0. The standard InChI is InChI=1S/C19H12F3N5O2/c20-19(21,22)14-8-12(5-6-16(14)27-10-23-9-24-27)25-18(29)15-7-11-3-1-2-4-13(11)17(28)26-15/h1-10H,(H,25,29)(H,26,28). The van der Waals surface area contributed by atoms with Crippen molar-refractivity contribution in [3.63, 3.8) is 0 Å². The average molecular weight is 399 g/mol. The number of benzene rings is 2. The number of hydrogen-bond acceptors (Lipinski definition) is 4. The van der Waals surface area contributed by atoms with Crippen LogP contribution in [0.5, 0.6) is 0 Å². The van der Waals surface area contributed by atoms with E-state index >= 15 is 0 Å². The molecule has 0 radical (unpaired) electrons. The van der Waals surface area contributed by atoms with Gasteiger partial charge in [0, 0.05) is 11.1 Å². The molecular formula is C19H12F3N5O2. The second kappa shape index (κ2) is 6.89. The van der Waals surface area contributed by atoms with Crippen molar-refractivity contribution >= 4 is 22.4 Å². The number of pyridine rings is 1. The smallest absolute Gasteiger partial charge is 0.321 e. The van der Waals surface area contributed by atoms with Crippen LogP contribution in [0.3, 0.4) is 0 Å². The molecule has 2 aromatic carbocycles. The molecule has 0 aliphatic rings. The van der Waals surface area contributed by atoms with Crippen molar-refractivity contribution in [1.29, 1.82) is 0 Å². The van der Waals surface area contributed by atoms with E-state index in [4.69, 9.17) is 0 Å². The molecule has 10 heteroatoms. The molecule has 4 rings (SSSR count). The minimum atomic E-state index is -4.68. The van der Waals surface area contributed by atoms with Crippen molar-refractivity contribution in [2.75, 3.05) is 5.32 Å². The van der Waals surface area contributed by atoms with Crippen LogP contribution in [0.15, 0.2) is 66.0 Å². The highest BCUT2D eigenvalue weighted by Crippen LogP contribution is 2.35. The topological polar surface area (TPSA) is 92.7 Å². The average Bonchev–Trinajstić information content (AvgIpc) is 3.22. The van der Waals surface area contributed by atoms with Crippen LogP contribution in [0.2, 0.25) is 0 Å². The Morgan fingerprint density at radius 2 is 1.90 bits per heavy atom. The van der Waals surface area contributed by atoms with Gasteiger partial charge in [-0.05, 0) is 35.7 Å². The van der Waals surface area contributed by atoms with Crippen LogP contribution < -0.4 is 10.9 Å². The zero-order valence-electron chi connectivity index (χ0n) is 14.6. The lowest BCUT2D eigenvalue weighted by molar-refractivity contribution is -0.137. The van der Waals surface area contributed by atoms with Gasteiger partial charge in [-0.2, -0.15) is 18.3 Å². The first-order chi connectivity index (χ1) is 13.8. The van der Waals surface area contributed by atoms with Crippen molar-refractivity contribution in [2.45, 2.75) is 6.18 Å². The second-order valence-corrected chi connectivity index (χ2v) is 6.12. The number of fused-ring (bicyclic) bond motifs is 1. The molecule has 0 bridgehead atoms. The summed E-state index contributed by atoms with van der Waals surface area (Å²) in [7, 11) is 0. The molecule has 2 aromatic heterocycles. The first-order valence-corrected chi connectivity index (χ1v) is 8.32. The van der Waals surface area contributed by atoms with Gasteiger partial charge < -0.3 is 10.3 Å². The Bertz CT molecular complexity index is 1260. The predicted molar refractivity (Wildman–Crippen MR) is 98.9 cm³/mol. The van der Waals surface area contributed by atoms with Gasteiger partial charge in [-0.1, -0.05) is 18.2 Å². The Balaban J connectivity index is 1.69. The number of alkyl halides is 3. The molecule has 2 N–H and O–H groups in total. The molecule has 2 heterocycles. The number of aromatic nitrogens is 4. The summed E-state index contributed by atoms with van der Waals surface area (Å²) in [6.45, 7) is 0. The highest BCUT2D eigenvalue weighted by Gasteiger charge is 2.34. The van der Waals surface area contributed by atoms with Gasteiger partial charge in [-0.25, -0.2) is 9.67 Å². The molecule has 1 amide bonds. The maximum atomic E-state index is 13.5. The fourth-order valence-corrected chi connectivity index (χ4v) is 2.90. The molecule has 146 valence electrons. The predicted octanol–water partition coefficient (Wildman–Crippen LogP) is 3.38. The first-order valence-electron chi connectivity index (χ1n) is 8.32. The summed E-state index contributed by atoms with van der Waals surface area (Å²) < 4.78 is 41.4. The number of amides is 1. The van der Waals surface area contributed by atoms with Gasteiger partial charge in [0.15, 0.2) is 0 Å². The number of carbonyl (C=O) groups is 1. The highest BCUT2D eigenvalue weighted by molar-refractivity contribution is 6.04. The fourth-order valence-electron chi connectivity index (χ4n) is 2.90. The number of carbonyl (C=O) groups excluding carboxylic acids is 1. The van der Waals surface area contributed by atoms with E-state index in [1.165, 1.54) is 18.2 Å². The van der Waals surface area contributed by atoms with Crippen LogP contribution >= 0.6 is 0 Å². The van der Waals surface area contributed by atoms with Gasteiger partial charge in [0.05, 0.1) is 11.3 Å². The van der Waals surface area contributed by atoms with E-state index in [0.29, 0.717) is 10.8 Å². The number of nitrogens with zero attached hydrogens (tertiary/aromatic N) is 3. The molecular weight excluding hydrogens is 387 g/mol. The second-order valence-electron chi connectivity index (χ2n) is 6.12. The Morgan fingerprint density at radius 3 is 2.62 bits per heavy atom. The van der Waals surface area contributed by atoms with Crippen molar-refractivity contribution in [1.82, 2.24) is 19.7 Å². The van der Waals surface area contributed by atoms with Gasteiger partial charge in [0.25, 0.3) is 11.5 Å². The number of hydrogen-bond donors (Lipinski definition) is 2. The number of anilines is 1. The third-order valence-electron chi connectivity index (χ3n) is 4.22. The summed E-state index contributed by atoms with van der Waals surface area (Å²) in [6.07, 6.45) is -2.42. The zero-order valence-corrected chi connectivity index (χ0v) is 14.6. The van der Waals surface area contributed by atoms with Crippen LogP contribution in [0.25, 0.3) is 16.5 Å². The van der Waals surface area contributed by atoms with Gasteiger partial charge >= 0.3 is 6.18 Å². The number of H-pyrrole nitrogens is 1. The number of halogens is 3. The molecule has 0 saturated carbocycles. The maximum Gasteiger partial charge on any atom is 0.418 e. The lowest BCUT2D eigenvalue weighted by atomic mass is 10.1. The van der Waals surface area contributed by atoms with Crippen molar-refractivity contribution < 1.29 is 18.0 Å². The van der Waals surface area contributed by atoms with E-state index in [-0.39, 0.29) is 17.1 Å². The monoisotopic (exact) mass is 399 g/mol. The Kier molecular flexibility index (Phi) is 4.38. The lowest BCUT2D eigenvalue weighted by Gasteiger charge is -2.14.